The molecule has 0 aliphatic heterocycles. The van der Waals surface area contributed by atoms with Crippen LogP contribution in [-0.2, 0) is 15.3 Å². The lowest BCUT2D eigenvalue weighted by atomic mass is 9.93. The Morgan fingerprint density at radius 3 is 1.90 bits per heavy atom. The third-order valence-corrected chi connectivity index (χ3v) is 7.24. The Kier molecular flexibility index (Phi) is 6.13. The van der Waals surface area contributed by atoms with Gasteiger partial charge in [-0.25, -0.2) is 4.21 Å². The van der Waals surface area contributed by atoms with Gasteiger partial charge in [0, 0.05) is 15.6 Å². The molecule has 0 bridgehead atoms. The molecule has 0 aromatic heterocycles. The van der Waals surface area contributed by atoms with E-state index in [0.717, 1.165) is 5.39 Å². The highest BCUT2D eigenvalue weighted by Gasteiger charge is 2.35. The van der Waals surface area contributed by atoms with Gasteiger partial charge in [-0.2, -0.15) is 0 Å². The van der Waals surface area contributed by atoms with E-state index in [2.05, 4.69) is 36.6 Å². The number of ether oxygens (including phenoxy) is 1. The van der Waals surface area contributed by atoms with Crippen LogP contribution in [0.1, 0.15) is 0 Å². The number of rotatable bonds is 4. The SMILES string of the molecule is COS(=O)c1c(Br)cc2ccccc2c1-c1c(OC(F)(F)F)c(Br)cc2ccccc12. The maximum absolute atomic E-state index is 13.4. The van der Waals surface area contributed by atoms with Gasteiger partial charge in [-0.15, -0.1) is 13.2 Å². The second kappa shape index (κ2) is 8.54. The highest BCUT2D eigenvalue weighted by molar-refractivity contribution is 9.10. The molecule has 0 N–H and O–H groups in total. The van der Waals surface area contributed by atoms with Crippen LogP contribution in [0.3, 0.4) is 0 Å². The molecule has 9 heteroatoms. The maximum Gasteiger partial charge on any atom is 0.573 e. The lowest BCUT2D eigenvalue weighted by Gasteiger charge is -2.21. The van der Waals surface area contributed by atoms with E-state index in [1.807, 2.05) is 12.1 Å². The quantitative estimate of drug-likeness (QED) is 0.250. The van der Waals surface area contributed by atoms with Crippen LogP contribution in [0.4, 0.5) is 13.2 Å². The molecule has 0 amide bonds. The van der Waals surface area contributed by atoms with Crippen LogP contribution in [0.25, 0.3) is 32.7 Å². The zero-order valence-corrected chi connectivity index (χ0v) is 19.8. The minimum Gasteiger partial charge on any atom is -0.404 e. The van der Waals surface area contributed by atoms with Gasteiger partial charge in [-0.3, -0.25) is 4.18 Å². The Morgan fingerprint density at radius 1 is 0.839 bits per heavy atom. The first-order valence-electron chi connectivity index (χ1n) is 8.86. The third-order valence-electron chi connectivity index (χ3n) is 4.70. The van der Waals surface area contributed by atoms with E-state index in [9.17, 15) is 17.4 Å². The van der Waals surface area contributed by atoms with E-state index < -0.39 is 23.2 Å². The van der Waals surface area contributed by atoms with Crippen molar-refractivity contribution in [2.45, 2.75) is 11.3 Å². The Morgan fingerprint density at radius 2 is 1.35 bits per heavy atom. The summed E-state index contributed by atoms with van der Waals surface area (Å²) in [4.78, 5) is 0.219. The number of halogens is 5. The molecule has 0 heterocycles. The molecular formula is C22H13Br2F3O3S. The summed E-state index contributed by atoms with van der Waals surface area (Å²) in [5.41, 5.74) is 0.502. The van der Waals surface area contributed by atoms with Crippen molar-refractivity contribution < 1.29 is 26.3 Å². The fourth-order valence-electron chi connectivity index (χ4n) is 3.55. The van der Waals surface area contributed by atoms with Crippen molar-refractivity contribution in [3.8, 4) is 16.9 Å². The predicted octanol–water partition coefficient (Wildman–Crippen LogP) is 7.75. The van der Waals surface area contributed by atoms with Crippen LogP contribution in [0.2, 0.25) is 0 Å². The van der Waals surface area contributed by atoms with Crippen molar-refractivity contribution in [1.82, 2.24) is 0 Å². The molecule has 0 spiro atoms. The van der Waals surface area contributed by atoms with Crippen molar-refractivity contribution in [3.05, 3.63) is 69.6 Å². The van der Waals surface area contributed by atoms with Gasteiger partial charge in [0.1, 0.15) is 0 Å². The average Bonchev–Trinajstić information content (AvgIpc) is 2.72. The number of hydrogen-bond donors (Lipinski definition) is 0. The smallest absolute Gasteiger partial charge is 0.404 e. The molecule has 0 saturated carbocycles. The predicted molar refractivity (Wildman–Crippen MR) is 122 cm³/mol. The molecule has 160 valence electrons. The second-order valence-corrected chi connectivity index (χ2v) is 9.44. The fourth-order valence-corrected chi connectivity index (χ4v) is 5.68. The monoisotopic (exact) mass is 572 g/mol. The number of alkyl halides is 3. The van der Waals surface area contributed by atoms with Gasteiger partial charge < -0.3 is 4.74 Å². The van der Waals surface area contributed by atoms with Crippen molar-refractivity contribution in [3.63, 3.8) is 0 Å². The van der Waals surface area contributed by atoms with E-state index in [-0.39, 0.29) is 14.9 Å². The van der Waals surface area contributed by atoms with E-state index in [4.69, 9.17) is 4.18 Å². The third kappa shape index (κ3) is 4.24. The molecule has 4 aromatic rings. The zero-order chi connectivity index (χ0) is 22.3. The lowest BCUT2D eigenvalue weighted by Crippen LogP contribution is -2.18. The van der Waals surface area contributed by atoms with Gasteiger partial charge in [-0.1, -0.05) is 48.5 Å². The van der Waals surface area contributed by atoms with Crippen LogP contribution in [0.5, 0.6) is 5.75 Å². The normalized spacial score (nSPS) is 13.0. The summed E-state index contributed by atoms with van der Waals surface area (Å²) in [7, 11) is 1.27. The number of fused-ring (bicyclic) bond motifs is 2. The molecule has 31 heavy (non-hydrogen) atoms. The molecule has 0 saturated heterocycles. The first-order valence-corrected chi connectivity index (χ1v) is 11.5. The van der Waals surface area contributed by atoms with Crippen molar-refractivity contribution in [2.75, 3.05) is 7.11 Å². The molecule has 1 unspecified atom stereocenters. The van der Waals surface area contributed by atoms with Crippen LogP contribution in [-0.4, -0.2) is 17.7 Å². The van der Waals surface area contributed by atoms with E-state index in [1.165, 1.54) is 7.11 Å². The Balaban J connectivity index is 2.27. The van der Waals surface area contributed by atoms with Crippen LogP contribution in [0, 0.1) is 0 Å². The summed E-state index contributed by atoms with van der Waals surface area (Å²) in [6, 6.07) is 17.5. The molecule has 0 radical (unpaired) electrons. The summed E-state index contributed by atoms with van der Waals surface area (Å²) in [5.74, 6) is -0.413. The van der Waals surface area contributed by atoms with E-state index >= 15 is 0 Å². The minimum atomic E-state index is -4.93. The molecule has 3 nitrogen and oxygen atoms in total. The largest absolute Gasteiger partial charge is 0.573 e. The van der Waals surface area contributed by atoms with Gasteiger partial charge in [0.15, 0.2) is 16.8 Å². The maximum atomic E-state index is 13.4. The summed E-state index contributed by atoms with van der Waals surface area (Å²) in [6.45, 7) is 0. The van der Waals surface area contributed by atoms with Crippen molar-refractivity contribution in [1.29, 1.82) is 0 Å². The van der Waals surface area contributed by atoms with Crippen molar-refractivity contribution >= 4 is 64.5 Å². The molecule has 4 rings (SSSR count). The summed E-state index contributed by atoms with van der Waals surface area (Å²) >= 11 is 4.71. The molecule has 1 atom stereocenters. The van der Waals surface area contributed by atoms with Gasteiger partial charge in [0.2, 0.25) is 0 Å². The molecular weight excluding hydrogens is 561 g/mol. The van der Waals surface area contributed by atoms with Crippen LogP contribution < -0.4 is 4.74 Å². The van der Waals surface area contributed by atoms with E-state index in [0.29, 0.717) is 26.2 Å². The highest BCUT2D eigenvalue weighted by Crippen LogP contribution is 2.49. The highest BCUT2D eigenvalue weighted by atomic mass is 79.9. The molecule has 0 fully saturated rings. The Hall–Kier alpha value is -1.94. The zero-order valence-electron chi connectivity index (χ0n) is 15.8. The van der Waals surface area contributed by atoms with Gasteiger partial charge >= 0.3 is 6.36 Å². The Labute approximate surface area is 195 Å². The van der Waals surface area contributed by atoms with Gasteiger partial charge in [0.25, 0.3) is 0 Å². The standard InChI is InChI=1S/C22H13Br2F3O3S/c1-29-31(28)21-17(24)11-13-7-3-5-9-15(13)19(21)18-14-8-4-2-6-12(14)10-16(23)20(18)30-22(25,26)27/h2-11H,1H3. The summed E-state index contributed by atoms with van der Waals surface area (Å²) in [5, 5.41) is 2.57. The lowest BCUT2D eigenvalue weighted by molar-refractivity contribution is -0.274. The summed E-state index contributed by atoms with van der Waals surface area (Å²) < 4.78 is 63.2. The van der Waals surface area contributed by atoms with Crippen LogP contribution >= 0.6 is 31.9 Å². The van der Waals surface area contributed by atoms with Crippen molar-refractivity contribution in [2.24, 2.45) is 0 Å². The van der Waals surface area contributed by atoms with Crippen LogP contribution in [0.15, 0.2) is 74.5 Å². The Bertz CT molecular complexity index is 1340. The summed E-state index contributed by atoms with van der Waals surface area (Å²) in [6.07, 6.45) is -4.93. The topological polar surface area (TPSA) is 35.5 Å². The first-order chi connectivity index (χ1) is 14.7. The second-order valence-electron chi connectivity index (χ2n) is 6.52. The van der Waals surface area contributed by atoms with E-state index in [1.54, 1.807) is 48.5 Å². The average molecular weight is 574 g/mol. The number of hydrogen-bond acceptors (Lipinski definition) is 3. The molecule has 0 aliphatic carbocycles. The fraction of sp³-hybridized carbons (Fsp3) is 0.0909. The first kappa shape index (κ1) is 22.3. The van der Waals surface area contributed by atoms with Gasteiger partial charge in [-0.05, 0) is 65.5 Å². The molecule has 4 aromatic carbocycles. The number of benzene rings is 4. The molecule has 0 aliphatic rings. The van der Waals surface area contributed by atoms with Gasteiger partial charge in [0.05, 0.1) is 16.5 Å². The minimum absolute atomic E-state index is 0.122.